The van der Waals surface area contributed by atoms with Crippen LogP contribution in [0.25, 0.3) is 5.69 Å². The molecule has 1 heterocycles. The molecule has 3 aromatic rings. The largest absolute Gasteiger partial charge is 0.350 e. The van der Waals surface area contributed by atoms with Crippen LogP contribution in [0.5, 0.6) is 0 Å². The number of imidazole rings is 1. The van der Waals surface area contributed by atoms with Gasteiger partial charge in [0, 0.05) is 36.7 Å². The Morgan fingerprint density at radius 2 is 1.82 bits per heavy atom. The predicted octanol–water partition coefficient (Wildman–Crippen LogP) is 2.79. The first-order chi connectivity index (χ1) is 13.6. The summed E-state index contributed by atoms with van der Waals surface area (Å²) in [6.45, 7) is 2.47. The second-order valence-corrected chi connectivity index (χ2v) is 6.24. The summed E-state index contributed by atoms with van der Waals surface area (Å²) in [6, 6.07) is 13.0. The van der Waals surface area contributed by atoms with E-state index in [4.69, 9.17) is 0 Å². The van der Waals surface area contributed by atoms with Crippen molar-refractivity contribution in [3.63, 3.8) is 0 Å². The summed E-state index contributed by atoms with van der Waals surface area (Å²) in [6.07, 6.45) is 5.18. The van der Waals surface area contributed by atoms with Crippen LogP contribution in [0.2, 0.25) is 0 Å². The zero-order valence-electron chi connectivity index (χ0n) is 15.5. The lowest BCUT2D eigenvalue weighted by molar-refractivity contribution is -0.121. The van der Waals surface area contributed by atoms with Crippen molar-refractivity contribution in [1.29, 1.82) is 0 Å². The standard InChI is InChI=1S/C21H21FN4O2/c1-2-25(14-20(27)24-13-16-3-7-18(22)8-4-16)21(28)17-5-9-19(10-6-17)26-12-11-23-15-26/h3-12,15H,2,13-14H2,1H3,(H,24,27). The van der Waals surface area contributed by atoms with Crippen LogP contribution in [0.1, 0.15) is 22.8 Å². The Labute approximate surface area is 162 Å². The van der Waals surface area contributed by atoms with Crippen LogP contribution in [0.3, 0.4) is 0 Å². The van der Waals surface area contributed by atoms with E-state index in [0.29, 0.717) is 12.1 Å². The van der Waals surface area contributed by atoms with Crippen molar-refractivity contribution in [3.8, 4) is 5.69 Å². The molecule has 0 fully saturated rings. The van der Waals surface area contributed by atoms with E-state index in [0.717, 1.165) is 11.3 Å². The van der Waals surface area contributed by atoms with Gasteiger partial charge in [0.25, 0.3) is 5.91 Å². The Balaban J connectivity index is 1.58. The lowest BCUT2D eigenvalue weighted by atomic mass is 10.1. The molecule has 144 valence electrons. The van der Waals surface area contributed by atoms with Gasteiger partial charge in [0.2, 0.25) is 5.91 Å². The Kier molecular flexibility index (Phi) is 6.16. The highest BCUT2D eigenvalue weighted by atomic mass is 19.1. The predicted molar refractivity (Wildman–Crippen MR) is 103 cm³/mol. The fourth-order valence-corrected chi connectivity index (χ4v) is 2.73. The first kappa shape index (κ1) is 19.3. The van der Waals surface area contributed by atoms with Crippen molar-refractivity contribution >= 4 is 11.8 Å². The van der Waals surface area contributed by atoms with E-state index >= 15 is 0 Å². The van der Waals surface area contributed by atoms with Gasteiger partial charge >= 0.3 is 0 Å². The highest BCUT2D eigenvalue weighted by molar-refractivity contribution is 5.96. The SMILES string of the molecule is CCN(CC(=O)NCc1ccc(F)cc1)C(=O)c1ccc(-n2ccnc2)cc1. The van der Waals surface area contributed by atoms with Crippen LogP contribution < -0.4 is 5.32 Å². The van der Waals surface area contributed by atoms with Gasteiger partial charge in [0.05, 0.1) is 12.9 Å². The van der Waals surface area contributed by atoms with E-state index in [9.17, 15) is 14.0 Å². The Bertz CT molecular complexity index is 922. The van der Waals surface area contributed by atoms with Crippen LogP contribution >= 0.6 is 0 Å². The Hall–Kier alpha value is -3.48. The van der Waals surface area contributed by atoms with E-state index in [2.05, 4.69) is 10.3 Å². The molecule has 1 aromatic heterocycles. The molecule has 7 heteroatoms. The fourth-order valence-electron chi connectivity index (χ4n) is 2.73. The molecule has 0 aliphatic carbocycles. The number of carbonyl (C=O) groups is 2. The minimum atomic E-state index is -0.322. The Morgan fingerprint density at radius 1 is 1.11 bits per heavy atom. The summed E-state index contributed by atoms with van der Waals surface area (Å²) >= 11 is 0. The quantitative estimate of drug-likeness (QED) is 0.685. The topological polar surface area (TPSA) is 67.2 Å². The fraction of sp³-hybridized carbons (Fsp3) is 0.190. The second kappa shape index (κ2) is 8.94. The lowest BCUT2D eigenvalue weighted by Crippen LogP contribution is -2.40. The molecule has 0 spiro atoms. The zero-order valence-corrected chi connectivity index (χ0v) is 15.5. The monoisotopic (exact) mass is 380 g/mol. The number of carbonyl (C=O) groups excluding carboxylic acids is 2. The third-order valence-corrected chi connectivity index (χ3v) is 4.32. The van der Waals surface area contributed by atoms with Gasteiger partial charge in [0.1, 0.15) is 5.82 Å². The van der Waals surface area contributed by atoms with Crippen LogP contribution in [-0.2, 0) is 11.3 Å². The third kappa shape index (κ3) is 4.82. The van der Waals surface area contributed by atoms with Crippen LogP contribution in [0.15, 0.2) is 67.3 Å². The van der Waals surface area contributed by atoms with Crippen molar-refractivity contribution in [1.82, 2.24) is 19.8 Å². The summed E-state index contributed by atoms with van der Waals surface area (Å²) in [5, 5.41) is 2.75. The maximum absolute atomic E-state index is 12.9. The van der Waals surface area contributed by atoms with E-state index in [1.807, 2.05) is 29.8 Å². The zero-order chi connectivity index (χ0) is 19.9. The minimum Gasteiger partial charge on any atom is -0.350 e. The number of hydrogen-bond donors (Lipinski definition) is 1. The van der Waals surface area contributed by atoms with E-state index in [-0.39, 0.29) is 30.7 Å². The van der Waals surface area contributed by atoms with Gasteiger partial charge < -0.3 is 14.8 Å². The second-order valence-electron chi connectivity index (χ2n) is 6.24. The van der Waals surface area contributed by atoms with Crippen LogP contribution in [-0.4, -0.2) is 39.4 Å². The molecule has 0 unspecified atom stereocenters. The van der Waals surface area contributed by atoms with Gasteiger partial charge in [-0.3, -0.25) is 9.59 Å². The first-order valence-electron chi connectivity index (χ1n) is 8.95. The number of nitrogens with zero attached hydrogens (tertiary/aromatic N) is 3. The smallest absolute Gasteiger partial charge is 0.254 e. The number of hydrogen-bond acceptors (Lipinski definition) is 3. The maximum Gasteiger partial charge on any atom is 0.254 e. The molecule has 0 atom stereocenters. The number of benzene rings is 2. The molecule has 0 radical (unpaired) electrons. The van der Waals surface area contributed by atoms with Crippen molar-refractivity contribution in [3.05, 3.63) is 84.2 Å². The molecular formula is C21H21FN4O2. The summed E-state index contributed by atoms with van der Waals surface area (Å²) in [4.78, 5) is 30.4. The van der Waals surface area contributed by atoms with Crippen LogP contribution in [0.4, 0.5) is 4.39 Å². The number of likely N-dealkylation sites (N-methyl/N-ethyl adjacent to an activating group) is 1. The molecule has 1 N–H and O–H groups in total. The summed E-state index contributed by atoms with van der Waals surface area (Å²) in [5.41, 5.74) is 2.20. The molecule has 6 nitrogen and oxygen atoms in total. The molecule has 0 saturated carbocycles. The summed E-state index contributed by atoms with van der Waals surface area (Å²) < 4.78 is 14.8. The van der Waals surface area contributed by atoms with E-state index in [1.165, 1.54) is 17.0 Å². The number of rotatable bonds is 7. The average molecular weight is 380 g/mol. The van der Waals surface area contributed by atoms with Crippen molar-refractivity contribution < 1.29 is 14.0 Å². The molecular weight excluding hydrogens is 359 g/mol. The molecule has 2 amide bonds. The number of halogens is 1. The first-order valence-corrected chi connectivity index (χ1v) is 8.95. The molecule has 2 aromatic carbocycles. The summed E-state index contributed by atoms with van der Waals surface area (Å²) in [5.74, 6) is -0.803. The molecule has 0 aliphatic heterocycles. The molecule has 3 rings (SSSR count). The van der Waals surface area contributed by atoms with Crippen molar-refractivity contribution in [2.75, 3.05) is 13.1 Å². The van der Waals surface area contributed by atoms with Crippen molar-refractivity contribution in [2.45, 2.75) is 13.5 Å². The maximum atomic E-state index is 12.9. The normalized spacial score (nSPS) is 10.5. The number of amides is 2. The number of nitrogens with one attached hydrogen (secondary N) is 1. The molecule has 0 aliphatic rings. The van der Waals surface area contributed by atoms with E-state index < -0.39 is 0 Å². The third-order valence-electron chi connectivity index (χ3n) is 4.32. The highest BCUT2D eigenvalue weighted by Crippen LogP contribution is 2.11. The van der Waals surface area contributed by atoms with Gasteiger partial charge in [-0.2, -0.15) is 0 Å². The average Bonchev–Trinajstić information content (AvgIpc) is 3.26. The highest BCUT2D eigenvalue weighted by Gasteiger charge is 2.17. The summed E-state index contributed by atoms with van der Waals surface area (Å²) in [7, 11) is 0. The van der Waals surface area contributed by atoms with Crippen molar-refractivity contribution in [2.24, 2.45) is 0 Å². The van der Waals surface area contributed by atoms with E-state index in [1.54, 1.807) is 36.8 Å². The van der Waals surface area contributed by atoms with Gasteiger partial charge in [-0.1, -0.05) is 12.1 Å². The molecule has 28 heavy (non-hydrogen) atoms. The number of aromatic nitrogens is 2. The lowest BCUT2D eigenvalue weighted by Gasteiger charge is -2.20. The van der Waals surface area contributed by atoms with Gasteiger partial charge in [0.15, 0.2) is 0 Å². The minimum absolute atomic E-state index is 0.0419. The molecule has 0 bridgehead atoms. The van der Waals surface area contributed by atoms with Gasteiger partial charge in [-0.15, -0.1) is 0 Å². The van der Waals surface area contributed by atoms with Gasteiger partial charge in [-0.25, -0.2) is 9.37 Å². The van der Waals surface area contributed by atoms with Gasteiger partial charge in [-0.05, 0) is 48.9 Å². The molecule has 0 saturated heterocycles. The Morgan fingerprint density at radius 3 is 2.43 bits per heavy atom. The van der Waals surface area contributed by atoms with Crippen LogP contribution in [0, 0.1) is 5.82 Å².